The van der Waals surface area contributed by atoms with Gasteiger partial charge in [0.05, 0.1) is 5.02 Å². The molecular formula is C18H27Cl2N3O. The van der Waals surface area contributed by atoms with Crippen LogP contribution >= 0.6 is 23.2 Å². The first-order valence-electron chi connectivity index (χ1n) is 8.69. The summed E-state index contributed by atoms with van der Waals surface area (Å²) >= 11 is 12.5. The molecule has 2 aliphatic heterocycles. The molecule has 3 rings (SSSR count). The fourth-order valence-corrected chi connectivity index (χ4v) is 4.63. The quantitative estimate of drug-likeness (QED) is 0.863. The molecular weight excluding hydrogens is 345 g/mol. The number of benzene rings is 1. The van der Waals surface area contributed by atoms with E-state index in [1.807, 2.05) is 0 Å². The van der Waals surface area contributed by atoms with Crippen molar-refractivity contribution in [2.45, 2.75) is 31.3 Å². The Balaban J connectivity index is 1.68. The molecule has 2 heterocycles. The summed E-state index contributed by atoms with van der Waals surface area (Å²) in [5.41, 5.74) is 1.12. The van der Waals surface area contributed by atoms with Gasteiger partial charge in [-0.15, -0.1) is 0 Å². The topological polar surface area (TPSA) is 30.0 Å². The van der Waals surface area contributed by atoms with E-state index < -0.39 is 0 Å². The van der Waals surface area contributed by atoms with Crippen LogP contribution in [0.4, 0.5) is 0 Å². The summed E-state index contributed by atoms with van der Waals surface area (Å²) in [4.78, 5) is 7.45. The third-order valence-electron chi connectivity index (χ3n) is 5.74. The van der Waals surface area contributed by atoms with Crippen LogP contribution in [0.15, 0.2) is 12.1 Å². The fraction of sp³-hybridized carbons (Fsp3) is 0.667. The van der Waals surface area contributed by atoms with Gasteiger partial charge in [0.15, 0.2) is 0 Å². The predicted octanol–water partition coefficient (Wildman–Crippen LogP) is 3.30. The van der Waals surface area contributed by atoms with Gasteiger partial charge in [-0.1, -0.05) is 23.2 Å². The van der Waals surface area contributed by atoms with Gasteiger partial charge in [0.2, 0.25) is 0 Å². The largest absolute Gasteiger partial charge is 0.506 e. The second-order valence-corrected chi connectivity index (χ2v) is 8.16. The first-order valence-corrected chi connectivity index (χ1v) is 9.45. The Hall–Kier alpha value is -0.520. The lowest BCUT2D eigenvalue weighted by atomic mass is 9.85. The summed E-state index contributed by atoms with van der Waals surface area (Å²) < 4.78 is 0. The van der Waals surface area contributed by atoms with Gasteiger partial charge in [0, 0.05) is 42.3 Å². The van der Waals surface area contributed by atoms with Gasteiger partial charge in [0.1, 0.15) is 5.75 Å². The Morgan fingerprint density at radius 1 is 1.08 bits per heavy atom. The predicted molar refractivity (Wildman–Crippen MR) is 100 cm³/mol. The maximum atomic E-state index is 9.83. The number of hydrogen-bond donors (Lipinski definition) is 1. The molecule has 0 radical (unpaired) electrons. The minimum Gasteiger partial charge on any atom is -0.506 e. The molecule has 1 spiro atoms. The molecule has 6 heteroatoms. The number of phenolic OH excluding ortho intramolecular Hbond substituents is 1. The van der Waals surface area contributed by atoms with Crippen molar-refractivity contribution in [2.75, 3.05) is 46.8 Å². The molecule has 2 aliphatic rings. The van der Waals surface area contributed by atoms with Crippen LogP contribution in [0.5, 0.6) is 5.75 Å². The van der Waals surface area contributed by atoms with E-state index in [1.54, 1.807) is 12.1 Å². The Kier molecular flexibility index (Phi) is 5.62. The molecule has 24 heavy (non-hydrogen) atoms. The fourth-order valence-electron chi connectivity index (χ4n) is 4.14. The minimum atomic E-state index is 0.106. The van der Waals surface area contributed by atoms with Gasteiger partial charge in [0.25, 0.3) is 0 Å². The molecule has 1 N–H and O–H groups in total. The monoisotopic (exact) mass is 371 g/mol. The Bertz CT molecular complexity index is 588. The third kappa shape index (κ3) is 3.68. The maximum absolute atomic E-state index is 9.83. The van der Waals surface area contributed by atoms with Gasteiger partial charge >= 0.3 is 0 Å². The molecule has 2 fully saturated rings. The van der Waals surface area contributed by atoms with Crippen LogP contribution in [0.3, 0.4) is 0 Å². The van der Waals surface area contributed by atoms with E-state index in [1.165, 1.54) is 19.5 Å². The van der Waals surface area contributed by atoms with Crippen molar-refractivity contribution in [1.29, 1.82) is 0 Å². The van der Waals surface area contributed by atoms with Crippen molar-refractivity contribution in [2.24, 2.45) is 0 Å². The lowest BCUT2D eigenvalue weighted by molar-refractivity contribution is 0.0295. The molecule has 0 bridgehead atoms. The smallest absolute Gasteiger partial charge is 0.134 e. The zero-order valence-corrected chi connectivity index (χ0v) is 16.1. The van der Waals surface area contributed by atoms with Gasteiger partial charge in [-0.2, -0.15) is 0 Å². The number of aromatic hydroxyl groups is 1. The number of phenols is 1. The molecule has 0 aromatic heterocycles. The zero-order chi connectivity index (χ0) is 17.3. The van der Waals surface area contributed by atoms with Gasteiger partial charge in [-0.25, -0.2) is 0 Å². The molecule has 0 aliphatic carbocycles. The first kappa shape index (κ1) is 18.3. The average molecular weight is 372 g/mol. The van der Waals surface area contributed by atoms with E-state index in [0.29, 0.717) is 16.6 Å². The van der Waals surface area contributed by atoms with Crippen molar-refractivity contribution in [3.05, 3.63) is 27.7 Å². The van der Waals surface area contributed by atoms with Crippen molar-refractivity contribution in [1.82, 2.24) is 14.7 Å². The van der Waals surface area contributed by atoms with Crippen LogP contribution in [0.1, 0.15) is 24.8 Å². The van der Waals surface area contributed by atoms with Crippen molar-refractivity contribution in [3.8, 4) is 5.75 Å². The van der Waals surface area contributed by atoms with Crippen molar-refractivity contribution < 1.29 is 5.11 Å². The van der Waals surface area contributed by atoms with Gasteiger partial charge in [-0.3, -0.25) is 9.80 Å². The molecule has 1 aromatic rings. The summed E-state index contributed by atoms with van der Waals surface area (Å²) in [5.74, 6) is 0.106. The summed E-state index contributed by atoms with van der Waals surface area (Å²) in [6.07, 6.45) is 3.55. The van der Waals surface area contributed by atoms with E-state index in [2.05, 4.69) is 28.8 Å². The molecule has 0 unspecified atom stereocenters. The summed E-state index contributed by atoms with van der Waals surface area (Å²) in [6, 6.07) is 3.27. The highest BCUT2D eigenvalue weighted by molar-refractivity contribution is 6.36. The second kappa shape index (κ2) is 7.38. The van der Waals surface area contributed by atoms with Crippen LogP contribution in [-0.2, 0) is 6.54 Å². The number of halogens is 2. The standard InChI is InChI=1S/C18H27Cl2N3O/c1-21-8-3-9-22(2)18(13-21)6-10-23(11-7-18)12-14-15(19)4-5-16(24)17(14)20/h4-5,24H,3,6-13H2,1-2H3. The van der Waals surface area contributed by atoms with E-state index in [4.69, 9.17) is 23.2 Å². The highest BCUT2D eigenvalue weighted by atomic mass is 35.5. The molecule has 0 atom stereocenters. The van der Waals surface area contributed by atoms with Gasteiger partial charge in [-0.05, 0) is 58.6 Å². The number of piperidine rings is 1. The number of likely N-dealkylation sites (tertiary alicyclic amines) is 1. The van der Waals surface area contributed by atoms with Crippen molar-refractivity contribution in [3.63, 3.8) is 0 Å². The maximum Gasteiger partial charge on any atom is 0.134 e. The van der Waals surface area contributed by atoms with E-state index in [0.717, 1.165) is 38.0 Å². The number of likely N-dealkylation sites (N-methyl/N-ethyl adjacent to an activating group) is 2. The molecule has 134 valence electrons. The molecule has 1 aromatic carbocycles. The molecule has 0 amide bonds. The third-order valence-corrected chi connectivity index (χ3v) is 6.52. The van der Waals surface area contributed by atoms with Crippen LogP contribution in [-0.4, -0.2) is 72.2 Å². The molecule has 2 saturated heterocycles. The van der Waals surface area contributed by atoms with Crippen LogP contribution in [0.2, 0.25) is 10.0 Å². The summed E-state index contributed by atoms with van der Waals surface area (Å²) in [7, 11) is 4.51. The highest BCUT2D eigenvalue weighted by Crippen LogP contribution is 2.36. The Morgan fingerprint density at radius 3 is 2.50 bits per heavy atom. The minimum absolute atomic E-state index is 0.106. The summed E-state index contributed by atoms with van der Waals surface area (Å²) in [5, 5.41) is 10.8. The highest BCUT2D eigenvalue weighted by Gasteiger charge is 2.40. The van der Waals surface area contributed by atoms with Crippen LogP contribution < -0.4 is 0 Å². The zero-order valence-electron chi connectivity index (χ0n) is 14.6. The lowest BCUT2D eigenvalue weighted by Crippen LogP contribution is -2.57. The number of hydrogen-bond acceptors (Lipinski definition) is 4. The molecule has 0 saturated carbocycles. The molecule has 4 nitrogen and oxygen atoms in total. The first-order chi connectivity index (χ1) is 11.4. The van der Waals surface area contributed by atoms with E-state index >= 15 is 0 Å². The number of rotatable bonds is 2. The average Bonchev–Trinajstić information content (AvgIpc) is 2.69. The number of nitrogens with zero attached hydrogens (tertiary/aromatic N) is 3. The van der Waals surface area contributed by atoms with Crippen LogP contribution in [0.25, 0.3) is 0 Å². The van der Waals surface area contributed by atoms with Crippen molar-refractivity contribution >= 4 is 23.2 Å². The van der Waals surface area contributed by atoms with E-state index in [9.17, 15) is 5.11 Å². The Labute approximate surface area is 154 Å². The lowest BCUT2D eigenvalue weighted by Gasteiger charge is -2.47. The van der Waals surface area contributed by atoms with Gasteiger partial charge < -0.3 is 10.0 Å². The summed E-state index contributed by atoms with van der Waals surface area (Å²) in [6.45, 7) is 6.26. The van der Waals surface area contributed by atoms with E-state index in [-0.39, 0.29) is 11.3 Å². The normalized spacial score (nSPS) is 23.5. The SMILES string of the molecule is CN1CCCN(C)C2(CCN(Cc3c(Cl)ccc(O)c3Cl)CC2)C1. The van der Waals surface area contributed by atoms with Crippen LogP contribution in [0, 0.1) is 0 Å². The second-order valence-electron chi connectivity index (χ2n) is 7.37. The Morgan fingerprint density at radius 2 is 1.79 bits per heavy atom.